The first-order valence-corrected chi connectivity index (χ1v) is 7.35. The third-order valence-corrected chi connectivity index (χ3v) is 5.66. The van der Waals surface area contributed by atoms with Crippen LogP contribution in [0, 0.1) is 23.7 Å². The molecular formula is C16H17N3. The smallest absolute Gasteiger partial charge is 0.0990 e. The van der Waals surface area contributed by atoms with Gasteiger partial charge in [-0.05, 0) is 48.6 Å². The van der Waals surface area contributed by atoms with Crippen molar-refractivity contribution in [1.29, 1.82) is 0 Å². The van der Waals surface area contributed by atoms with Gasteiger partial charge in [-0.15, -0.1) is 0 Å². The number of rotatable bonds is 1. The molecule has 0 spiro atoms. The minimum Gasteiger partial charge on any atom is -0.242 e. The monoisotopic (exact) mass is 251 g/mol. The van der Waals surface area contributed by atoms with Crippen molar-refractivity contribution in [2.75, 3.05) is 5.01 Å². The van der Waals surface area contributed by atoms with Crippen molar-refractivity contribution in [2.45, 2.75) is 24.9 Å². The molecule has 0 N–H and O–H groups in total. The molecule has 2 bridgehead atoms. The Balaban J connectivity index is 1.53. The molecule has 4 aliphatic rings. The Morgan fingerprint density at radius 3 is 2.84 bits per heavy atom. The molecule has 0 saturated heterocycles. The summed E-state index contributed by atoms with van der Waals surface area (Å²) in [7, 11) is 0. The summed E-state index contributed by atoms with van der Waals surface area (Å²) in [4.78, 5) is 0. The molecule has 5 rings (SSSR count). The van der Waals surface area contributed by atoms with Gasteiger partial charge in [0.05, 0.1) is 17.8 Å². The highest BCUT2D eigenvalue weighted by molar-refractivity contribution is 5.48. The van der Waals surface area contributed by atoms with Crippen LogP contribution in [0.4, 0.5) is 5.69 Å². The predicted octanol–water partition coefficient (Wildman–Crippen LogP) is 3.45. The fourth-order valence-electron chi connectivity index (χ4n) is 4.99. The summed E-state index contributed by atoms with van der Waals surface area (Å²) >= 11 is 0. The standard InChI is InChI=1S/C16H17N3/c1-2-5-10(6-3-1)19-16-14-9-13(15(16)17-18-19)11-7-4-8-12(11)14/h1-7,11-16H,8-9H2/t11-,12+,13-,14-,15+,16+/m1/s1. The van der Waals surface area contributed by atoms with Crippen LogP contribution in [-0.2, 0) is 0 Å². The van der Waals surface area contributed by atoms with Crippen molar-refractivity contribution in [2.24, 2.45) is 34.0 Å². The highest BCUT2D eigenvalue weighted by Crippen LogP contribution is 2.60. The van der Waals surface area contributed by atoms with E-state index >= 15 is 0 Å². The van der Waals surface area contributed by atoms with E-state index in [9.17, 15) is 0 Å². The third-order valence-electron chi connectivity index (χ3n) is 5.66. The zero-order chi connectivity index (χ0) is 12.4. The van der Waals surface area contributed by atoms with Gasteiger partial charge in [-0.3, -0.25) is 0 Å². The zero-order valence-corrected chi connectivity index (χ0v) is 10.8. The normalized spacial score (nSPS) is 44.9. The fraction of sp³-hybridized carbons (Fsp3) is 0.500. The number of allylic oxidation sites excluding steroid dienone is 2. The van der Waals surface area contributed by atoms with Gasteiger partial charge in [-0.1, -0.05) is 35.6 Å². The number of nitrogens with zero attached hydrogens (tertiary/aromatic N) is 3. The summed E-state index contributed by atoms with van der Waals surface area (Å²) in [6.45, 7) is 0. The lowest BCUT2D eigenvalue weighted by Gasteiger charge is -2.35. The van der Waals surface area contributed by atoms with E-state index in [2.05, 4.69) is 57.8 Å². The molecule has 3 nitrogen and oxygen atoms in total. The van der Waals surface area contributed by atoms with Crippen LogP contribution < -0.4 is 5.01 Å². The molecule has 1 heterocycles. The van der Waals surface area contributed by atoms with Gasteiger partial charge in [0.2, 0.25) is 0 Å². The molecular weight excluding hydrogens is 234 g/mol. The highest BCUT2D eigenvalue weighted by Gasteiger charge is 2.61. The molecule has 96 valence electrons. The van der Waals surface area contributed by atoms with Gasteiger partial charge in [0.1, 0.15) is 0 Å². The lowest BCUT2D eigenvalue weighted by Crippen LogP contribution is -2.44. The number of hydrogen-bond donors (Lipinski definition) is 0. The first kappa shape index (κ1) is 10.2. The quantitative estimate of drug-likeness (QED) is 0.702. The molecule has 0 unspecified atom stereocenters. The maximum absolute atomic E-state index is 4.62. The van der Waals surface area contributed by atoms with Crippen LogP contribution in [0.5, 0.6) is 0 Å². The van der Waals surface area contributed by atoms with Crippen LogP contribution >= 0.6 is 0 Å². The van der Waals surface area contributed by atoms with Crippen molar-refractivity contribution in [3.8, 4) is 0 Å². The van der Waals surface area contributed by atoms with Crippen molar-refractivity contribution in [3.63, 3.8) is 0 Å². The molecule has 0 aromatic heterocycles. The summed E-state index contributed by atoms with van der Waals surface area (Å²) in [6.07, 6.45) is 7.47. The first-order valence-electron chi connectivity index (χ1n) is 7.35. The molecule has 1 aromatic carbocycles. The summed E-state index contributed by atoms with van der Waals surface area (Å²) < 4.78 is 0. The highest BCUT2D eigenvalue weighted by atomic mass is 15.6. The average Bonchev–Trinajstić information content (AvgIpc) is 3.17. The number of benzene rings is 1. The maximum atomic E-state index is 4.62. The second-order valence-corrected chi connectivity index (χ2v) is 6.33. The largest absolute Gasteiger partial charge is 0.242 e. The van der Waals surface area contributed by atoms with Gasteiger partial charge >= 0.3 is 0 Å². The average molecular weight is 251 g/mol. The number of hydrogen-bond acceptors (Lipinski definition) is 3. The SMILES string of the molecule is C1=C[C@H]2[C@H]3C[C@H]([C@H]2C1)[C@H]1[C@H]3N=NN1c1ccccc1. The van der Waals surface area contributed by atoms with Gasteiger partial charge in [-0.2, -0.15) is 5.11 Å². The Bertz CT molecular complexity index is 565. The van der Waals surface area contributed by atoms with Crippen LogP contribution in [0.15, 0.2) is 52.8 Å². The van der Waals surface area contributed by atoms with E-state index in [4.69, 9.17) is 0 Å². The number of para-hydroxylation sites is 1. The summed E-state index contributed by atoms with van der Waals surface area (Å²) in [5.41, 5.74) is 1.20. The summed E-state index contributed by atoms with van der Waals surface area (Å²) in [5.74, 6) is 3.18. The van der Waals surface area contributed by atoms with E-state index in [0.29, 0.717) is 12.1 Å². The van der Waals surface area contributed by atoms with Crippen molar-refractivity contribution < 1.29 is 0 Å². The molecule has 6 atom stereocenters. The molecule has 19 heavy (non-hydrogen) atoms. The van der Waals surface area contributed by atoms with Crippen LogP contribution in [0.2, 0.25) is 0 Å². The van der Waals surface area contributed by atoms with Gasteiger partial charge in [0.25, 0.3) is 0 Å². The molecule has 1 aromatic rings. The first-order chi connectivity index (χ1) is 9.43. The van der Waals surface area contributed by atoms with E-state index in [1.807, 2.05) is 0 Å². The van der Waals surface area contributed by atoms with E-state index in [0.717, 1.165) is 23.7 Å². The van der Waals surface area contributed by atoms with Crippen molar-refractivity contribution >= 4 is 5.69 Å². The lowest BCUT2D eigenvalue weighted by atomic mass is 9.76. The maximum Gasteiger partial charge on any atom is 0.0990 e. The van der Waals surface area contributed by atoms with Crippen molar-refractivity contribution in [1.82, 2.24) is 0 Å². The fourth-order valence-corrected chi connectivity index (χ4v) is 4.99. The Morgan fingerprint density at radius 1 is 1.05 bits per heavy atom. The van der Waals surface area contributed by atoms with E-state index in [1.54, 1.807) is 0 Å². The lowest BCUT2D eigenvalue weighted by molar-refractivity contribution is 0.238. The van der Waals surface area contributed by atoms with Crippen LogP contribution in [-0.4, -0.2) is 12.1 Å². The number of fused-ring (bicyclic) bond motifs is 8. The molecule has 3 aliphatic carbocycles. The second-order valence-electron chi connectivity index (χ2n) is 6.33. The Kier molecular flexibility index (Phi) is 1.86. The molecule has 2 fully saturated rings. The molecule has 2 saturated carbocycles. The topological polar surface area (TPSA) is 28.0 Å². The van der Waals surface area contributed by atoms with Crippen molar-refractivity contribution in [3.05, 3.63) is 42.5 Å². The van der Waals surface area contributed by atoms with E-state index in [1.165, 1.54) is 18.5 Å². The molecule has 3 heteroatoms. The van der Waals surface area contributed by atoms with Crippen LogP contribution in [0.1, 0.15) is 12.8 Å². The second kappa shape index (κ2) is 3.47. The minimum absolute atomic E-state index is 0.439. The summed E-state index contributed by atoms with van der Waals surface area (Å²) in [5, 5.41) is 11.3. The van der Waals surface area contributed by atoms with Crippen LogP contribution in [0.3, 0.4) is 0 Å². The predicted molar refractivity (Wildman–Crippen MR) is 73.7 cm³/mol. The van der Waals surface area contributed by atoms with Crippen LogP contribution in [0.25, 0.3) is 0 Å². The molecule has 0 amide bonds. The third kappa shape index (κ3) is 1.18. The Morgan fingerprint density at radius 2 is 1.95 bits per heavy atom. The van der Waals surface area contributed by atoms with Gasteiger partial charge in [0, 0.05) is 0 Å². The molecule has 1 aliphatic heterocycles. The van der Waals surface area contributed by atoms with E-state index in [-0.39, 0.29) is 0 Å². The number of anilines is 1. The minimum atomic E-state index is 0.439. The van der Waals surface area contributed by atoms with E-state index < -0.39 is 0 Å². The van der Waals surface area contributed by atoms with Gasteiger partial charge in [-0.25, -0.2) is 5.01 Å². The van der Waals surface area contributed by atoms with Gasteiger partial charge < -0.3 is 0 Å². The summed E-state index contributed by atoms with van der Waals surface area (Å²) in [6, 6.07) is 11.5. The Hall–Kier alpha value is -1.64. The zero-order valence-electron chi connectivity index (χ0n) is 10.8. The Labute approximate surface area is 113 Å². The molecule has 0 radical (unpaired) electrons. The van der Waals surface area contributed by atoms with Gasteiger partial charge in [0.15, 0.2) is 0 Å².